The predicted octanol–water partition coefficient (Wildman–Crippen LogP) is 30.1. The van der Waals surface area contributed by atoms with E-state index in [-0.39, 0.29) is 25.5 Å². The second kappa shape index (κ2) is 34.5. The molecule has 0 amide bonds. The van der Waals surface area contributed by atoms with E-state index in [0.717, 1.165) is 103 Å². The first kappa shape index (κ1) is 81.7. The molecule has 8 aromatic heterocycles. The van der Waals surface area contributed by atoms with Crippen molar-refractivity contribution in [2.45, 2.75) is 120 Å². The first-order valence-corrected chi connectivity index (χ1v) is 43.6. The average molecular weight is 1790 g/mol. The molecule has 0 aliphatic heterocycles. The number of benzene rings is 14. The molecule has 0 N–H and O–H groups in total. The van der Waals surface area contributed by atoms with Crippen LogP contribution in [-0.2, 0) is 44.8 Å². The maximum Gasteiger partial charge on any atom is 0.248 e. The van der Waals surface area contributed by atoms with Crippen molar-refractivity contribution in [1.82, 2.24) is 38.1 Å². The van der Waals surface area contributed by atoms with E-state index in [1.165, 1.54) is 140 Å². The van der Waals surface area contributed by atoms with Gasteiger partial charge in [-0.1, -0.05) is 256 Å². The molecule has 0 aliphatic carbocycles. The Bertz CT molecular complexity index is 7440. The average Bonchev–Trinajstić information content (AvgIpc) is 1.64. The monoisotopic (exact) mass is 1790 g/mol. The molecule has 0 aliphatic rings. The smallest absolute Gasteiger partial charge is 0.248 e. The molecule has 3 unspecified atom stereocenters. The van der Waals surface area contributed by atoms with Crippen molar-refractivity contribution in [3.8, 4) is 56.5 Å². The fourth-order valence-electron chi connectivity index (χ4n) is 17.9. The molecule has 0 fully saturated rings. The third-order valence-electron chi connectivity index (χ3n) is 25.2. The van der Waals surface area contributed by atoms with Crippen molar-refractivity contribution in [3.05, 3.63) is 361 Å². The Morgan fingerprint density at radius 1 is 0.331 bits per heavy atom. The van der Waals surface area contributed by atoms with Gasteiger partial charge in [0.15, 0.2) is 0 Å². The number of aryl methyl sites for hydroxylation is 2. The van der Waals surface area contributed by atoms with Crippen molar-refractivity contribution >= 4 is 120 Å². The zero-order chi connectivity index (χ0) is 84.1. The molecule has 22 rings (SSSR count). The number of hydrogen-bond donors (Lipinski definition) is 0. The number of imidazole rings is 2. The second-order valence-corrected chi connectivity index (χ2v) is 34.7. The summed E-state index contributed by atoms with van der Waals surface area (Å²) in [7, 11) is 0. The van der Waals surface area contributed by atoms with Gasteiger partial charge in [0, 0.05) is 110 Å². The number of hydrogen-bond acceptors (Lipinski definition) is 6. The minimum Gasteiger partial charge on any atom is -0.456 e. The molecule has 1 radical (unpaired) electrons. The summed E-state index contributed by atoms with van der Waals surface area (Å²) in [6.45, 7) is 24.5. The van der Waals surface area contributed by atoms with Gasteiger partial charge in [0.2, 0.25) is 11.8 Å². The molecule has 3 atom stereocenters. The van der Waals surface area contributed by atoms with Crippen LogP contribution in [0.15, 0.2) is 325 Å². The topological polar surface area (TPSA) is 96.5 Å². The van der Waals surface area contributed by atoms with Crippen LogP contribution in [0.25, 0.3) is 177 Å². The quantitative estimate of drug-likeness (QED) is 0.0749. The zero-order valence-electron chi connectivity index (χ0n) is 72.2. The fourth-order valence-corrected chi connectivity index (χ4v) is 17.9. The van der Waals surface area contributed by atoms with Crippen LogP contribution in [0.4, 0.5) is 0 Å². The molecule has 14 aromatic carbocycles. The fraction of sp³-hybridized carbons (Fsp3) is 0.186. The number of para-hydroxylation sites is 5. The van der Waals surface area contributed by atoms with Gasteiger partial charge in [-0.15, -0.1) is 69.5 Å². The van der Waals surface area contributed by atoms with Gasteiger partial charge in [-0.2, -0.15) is 0 Å². The van der Waals surface area contributed by atoms with Crippen molar-refractivity contribution < 1.29 is 28.9 Å². The third kappa shape index (κ3) is 15.7. The van der Waals surface area contributed by atoms with E-state index in [2.05, 4.69) is 387 Å². The van der Waals surface area contributed by atoms with Gasteiger partial charge < -0.3 is 26.8 Å². The van der Waals surface area contributed by atoms with Crippen molar-refractivity contribution in [2.75, 3.05) is 0 Å². The van der Waals surface area contributed by atoms with Crippen LogP contribution >= 0.6 is 0 Å². The minimum atomic E-state index is 0. The Balaban J connectivity index is 0.000000121. The molecular weight excluding hydrogens is 1690 g/mol. The van der Waals surface area contributed by atoms with Gasteiger partial charge in [-0.05, 0) is 215 Å². The second-order valence-electron chi connectivity index (χ2n) is 34.7. The molecule has 10 nitrogen and oxygen atoms in total. The Morgan fingerprint density at radius 3 is 1.17 bits per heavy atom. The third-order valence-corrected chi connectivity index (χ3v) is 25.2. The summed E-state index contributed by atoms with van der Waals surface area (Å²) in [5.74, 6) is 3.15. The van der Waals surface area contributed by atoms with Gasteiger partial charge >= 0.3 is 0 Å². The number of pyridine rings is 2. The molecule has 0 bridgehead atoms. The summed E-state index contributed by atoms with van der Waals surface area (Å²) in [5.41, 5.74) is 27.8. The predicted molar refractivity (Wildman–Crippen MR) is 514 cm³/mol. The Morgan fingerprint density at radius 2 is 0.694 bits per heavy atom. The molecule has 22 aromatic rings. The number of nitrogens with zero attached hydrogens (tertiary/aromatic N) is 8. The van der Waals surface area contributed by atoms with Gasteiger partial charge in [-0.25, -0.2) is 0 Å². The first-order valence-electron chi connectivity index (χ1n) is 43.6. The van der Waals surface area contributed by atoms with E-state index in [0.29, 0.717) is 23.6 Å². The Hall–Kier alpha value is -13.3. The largest absolute Gasteiger partial charge is 0.456 e. The molecule has 615 valence electrons. The molecule has 0 saturated carbocycles. The van der Waals surface area contributed by atoms with Crippen LogP contribution < -0.4 is 0 Å². The first-order chi connectivity index (χ1) is 60.0. The summed E-state index contributed by atoms with van der Waals surface area (Å²) in [4.78, 5) is 9.14. The van der Waals surface area contributed by atoms with E-state index in [1.54, 1.807) is 0 Å². The zero-order valence-corrected chi connectivity index (χ0v) is 74.6. The molecule has 11 heteroatoms. The number of fused-ring (bicyclic) bond motifs is 21. The van der Waals surface area contributed by atoms with E-state index in [1.807, 2.05) is 54.9 Å². The van der Waals surface area contributed by atoms with Gasteiger partial charge in [-0.3, -0.25) is 9.97 Å². The summed E-state index contributed by atoms with van der Waals surface area (Å²) >= 11 is 0. The van der Waals surface area contributed by atoms with Crippen LogP contribution in [0.1, 0.15) is 115 Å². The van der Waals surface area contributed by atoms with E-state index in [9.17, 15) is 0 Å². The molecule has 0 spiro atoms. The SMILES string of the molecule is CCC(C)Cc1ccc(-c2ccc(-c3nnc(-c4ccc(C(C)(C)C)cc4)o3)cc2)cc1.CCC(C)Cc1ccc2c(c1)c1ccc[c-]c1c1ncc(C)n21.CCC(C)Cc1ccc2oc3ccc(-c4cc(-n5c6ccccc6c6ccccc65)cc(-n5c6ccccc6c6ccccc65)c4)cc3c2c1.Cc1cnc2c3[c-]cccc3c3ccccc3n12.[Ir]. The van der Waals surface area contributed by atoms with Gasteiger partial charge in [0.1, 0.15) is 11.2 Å². The van der Waals surface area contributed by atoms with E-state index in [4.69, 9.17) is 8.83 Å². The van der Waals surface area contributed by atoms with Crippen molar-refractivity contribution in [2.24, 2.45) is 17.8 Å². The van der Waals surface area contributed by atoms with Crippen LogP contribution in [0.5, 0.6) is 0 Å². The van der Waals surface area contributed by atoms with Gasteiger partial charge in [0.25, 0.3) is 0 Å². The Labute approximate surface area is 737 Å². The molecular formula is C113H100IrN8O2-2. The van der Waals surface area contributed by atoms with Crippen LogP contribution in [-0.4, -0.2) is 38.1 Å². The standard InChI is InChI=1S/C47H36N2O.C29H32N2O.C21H21N2.C16H11N2.Ir/c1-3-30(2)24-31-20-22-46-40(25-31)41-28-32(21-23-47(41)50-46)33-26-34(48-42-16-8-4-12-36(42)37-13-5-9-17-43(37)48)29-35(27-33)49-44-18-10-6-14-38(44)39-15-7-11-19-45(39)49;1-6-20(2)19-21-7-9-22(10-8-21)23-11-13-24(14-12-23)27-30-31-28(32-27)25-15-17-26(18-16-25)29(3,4)5;1-4-14(2)11-16-9-10-20-19(12-16)17-7-5-6-8-18(17)21-22-13-15(3)23(20)21;1-11-10-17-16-14-8-3-2-6-12(14)13-7-4-5-9-15(13)18(11)16;/h4-23,25-30H,3,24H2,1-2H3;7-18,20H,6,19H2,1-5H3;5-7,9-10,12-14H,4,11H2,1-3H3;2-7,9-10H,1H3;/q;;2*-1;. The van der Waals surface area contributed by atoms with Crippen molar-refractivity contribution in [1.29, 1.82) is 0 Å². The number of rotatable bonds is 15. The molecule has 8 heterocycles. The summed E-state index contributed by atoms with van der Waals surface area (Å²) in [6.07, 6.45) is 10.8. The maximum atomic E-state index is 6.38. The summed E-state index contributed by atoms with van der Waals surface area (Å²) in [6, 6.07) is 115. The van der Waals surface area contributed by atoms with Crippen LogP contribution in [0, 0.1) is 43.7 Å². The molecule has 124 heavy (non-hydrogen) atoms. The van der Waals surface area contributed by atoms with Crippen LogP contribution in [0.3, 0.4) is 0 Å². The van der Waals surface area contributed by atoms with Gasteiger partial charge in [0.05, 0.1) is 33.4 Å². The normalized spacial score (nSPS) is 12.5. The summed E-state index contributed by atoms with van der Waals surface area (Å²) < 4.78 is 21.7. The van der Waals surface area contributed by atoms with Crippen molar-refractivity contribution in [3.63, 3.8) is 0 Å². The number of furan rings is 1. The summed E-state index contributed by atoms with van der Waals surface area (Å²) in [5, 5.41) is 23.1. The number of aromatic nitrogens is 8. The maximum absolute atomic E-state index is 6.38. The van der Waals surface area contributed by atoms with E-state index >= 15 is 0 Å². The van der Waals surface area contributed by atoms with E-state index < -0.39 is 0 Å². The van der Waals surface area contributed by atoms with Crippen LogP contribution in [0.2, 0.25) is 0 Å². The Kier molecular flexibility index (Phi) is 22.8. The molecule has 0 saturated heterocycles. The minimum absolute atomic E-state index is 0.